The molecular formula is C13H25N3. The second-order valence-electron chi connectivity index (χ2n) is 4.73. The van der Waals surface area contributed by atoms with Crippen LogP contribution in [0.5, 0.6) is 0 Å². The van der Waals surface area contributed by atoms with Gasteiger partial charge in [-0.25, -0.2) is 0 Å². The molecule has 0 bridgehead atoms. The van der Waals surface area contributed by atoms with E-state index in [2.05, 4.69) is 50.4 Å². The quantitative estimate of drug-likeness (QED) is 0.770. The third-order valence-electron chi connectivity index (χ3n) is 2.82. The molecule has 0 aliphatic carbocycles. The molecule has 0 saturated carbocycles. The molecule has 0 aliphatic heterocycles. The number of hydrogen-bond donors (Lipinski definition) is 1. The van der Waals surface area contributed by atoms with Crippen molar-refractivity contribution in [2.45, 2.75) is 59.0 Å². The Kier molecular flexibility index (Phi) is 5.53. The molecule has 1 heterocycles. The molecule has 1 aromatic rings. The summed E-state index contributed by atoms with van der Waals surface area (Å²) < 4.78 is 2.03. The molecule has 0 aromatic carbocycles. The SMILES string of the molecule is CCNC(C)CCCc1ccn(C(C)C)n1. The predicted molar refractivity (Wildman–Crippen MR) is 68.7 cm³/mol. The Morgan fingerprint density at radius 3 is 2.69 bits per heavy atom. The molecular weight excluding hydrogens is 198 g/mol. The van der Waals surface area contributed by atoms with Crippen molar-refractivity contribution in [3.05, 3.63) is 18.0 Å². The van der Waals surface area contributed by atoms with Gasteiger partial charge in [0.15, 0.2) is 0 Å². The van der Waals surface area contributed by atoms with Gasteiger partial charge in [-0.3, -0.25) is 4.68 Å². The fourth-order valence-electron chi connectivity index (χ4n) is 1.84. The minimum Gasteiger partial charge on any atom is -0.315 e. The third kappa shape index (κ3) is 4.35. The largest absolute Gasteiger partial charge is 0.315 e. The topological polar surface area (TPSA) is 29.9 Å². The van der Waals surface area contributed by atoms with Crippen LogP contribution < -0.4 is 5.32 Å². The van der Waals surface area contributed by atoms with Crippen LogP contribution in [-0.2, 0) is 6.42 Å². The van der Waals surface area contributed by atoms with Crippen LogP contribution >= 0.6 is 0 Å². The minimum atomic E-state index is 0.467. The fraction of sp³-hybridized carbons (Fsp3) is 0.769. The number of aromatic nitrogens is 2. The summed E-state index contributed by atoms with van der Waals surface area (Å²) in [5.41, 5.74) is 1.22. The van der Waals surface area contributed by atoms with E-state index in [1.807, 2.05) is 4.68 Å². The molecule has 1 aromatic heterocycles. The Bertz CT molecular complexity index is 291. The van der Waals surface area contributed by atoms with E-state index in [4.69, 9.17) is 0 Å². The number of nitrogens with zero attached hydrogens (tertiary/aromatic N) is 2. The van der Waals surface area contributed by atoms with Crippen LogP contribution in [0.3, 0.4) is 0 Å². The highest BCUT2D eigenvalue weighted by Gasteiger charge is 2.03. The number of rotatable bonds is 7. The molecule has 92 valence electrons. The highest BCUT2D eigenvalue weighted by molar-refractivity contribution is 4.99. The molecule has 1 rings (SSSR count). The lowest BCUT2D eigenvalue weighted by molar-refractivity contribution is 0.501. The maximum atomic E-state index is 4.55. The van der Waals surface area contributed by atoms with Gasteiger partial charge in [-0.2, -0.15) is 5.10 Å². The van der Waals surface area contributed by atoms with E-state index in [-0.39, 0.29) is 0 Å². The summed E-state index contributed by atoms with van der Waals surface area (Å²) in [7, 11) is 0. The summed E-state index contributed by atoms with van der Waals surface area (Å²) in [6.07, 6.45) is 5.61. The van der Waals surface area contributed by atoms with Crippen LogP contribution in [0.4, 0.5) is 0 Å². The first-order chi connectivity index (χ1) is 7.63. The lowest BCUT2D eigenvalue weighted by Gasteiger charge is -2.10. The predicted octanol–water partition coefficient (Wildman–Crippen LogP) is 2.78. The van der Waals surface area contributed by atoms with Gasteiger partial charge < -0.3 is 5.32 Å². The van der Waals surface area contributed by atoms with E-state index in [0.717, 1.165) is 13.0 Å². The Morgan fingerprint density at radius 1 is 1.38 bits per heavy atom. The Labute approximate surface area is 99.2 Å². The monoisotopic (exact) mass is 223 g/mol. The average Bonchev–Trinajstić information content (AvgIpc) is 2.67. The third-order valence-corrected chi connectivity index (χ3v) is 2.82. The van der Waals surface area contributed by atoms with E-state index in [9.17, 15) is 0 Å². The molecule has 0 radical (unpaired) electrons. The lowest BCUT2D eigenvalue weighted by atomic mass is 10.1. The van der Waals surface area contributed by atoms with Gasteiger partial charge in [0.2, 0.25) is 0 Å². The van der Waals surface area contributed by atoms with Crippen molar-refractivity contribution in [3.8, 4) is 0 Å². The first kappa shape index (κ1) is 13.2. The molecule has 1 N–H and O–H groups in total. The Hall–Kier alpha value is -0.830. The molecule has 0 fully saturated rings. The molecule has 16 heavy (non-hydrogen) atoms. The van der Waals surface area contributed by atoms with E-state index < -0.39 is 0 Å². The van der Waals surface area contributed by atoms with Gasteiger partial charge in [-0.05, 0) is 52.6 Å². The molecule has 1 unspecified atom stereocenters. The summed E-state index contributed by atoms with van der Waals surface area (Å²) in [5.74, 6) is 0. The lowest BCUT2D eigenvalue weighted by Crippen LogP contribution is -2.25. The summed E-state index contributed by atoms with van der Waals surface area (Å²) >= 11 is 0. The van der Waals surface area contributed by atoms with Gasteiger partial charge in [0, 0.05) is 18.3 Å². The summed E-state index contributed by atoms with van der Waals surface area (Å²) in [6.45, 7) is 9.77. The molecule has 0 spiro atoms. The first-order valence-corrected chi connectivity index (χ1v) is 6.41. The Morgan fingerprint density at radius 2 is 2.12 bits per heavy atom. The van der Waals surface area contributed by atoms with E-state index in [1.54, 1.807) is 0 Å². The zero-order chi connectivity index (χ0) is 12.0. The summed E-state index contributed by atoms with van der Waals surface area (Å²) in [4.78, 5) is 0. The van der Waals surface area contributed by atoms with E-state index in [0.29, 0.717) is 12.1 Å². The van der Waals surface area contributed by atoms with Crippen molar-refractivity contribution >= 4 is 0 Å². The highest BCUT2D eigenvalue weighted by Crippen LogP contribution is 2.08. The van der Waals surface area contributed by atoms with Gasteiger partial charge in [0.1, 0.15) is 0 Å². The number of hydrogen-bond acceptors (Lipinski definition) is 2. The average molecular weight is 223 g/mol. The fourth-order valence-corrected chi connectivity index (χ4v) is 1.84. The van der Waals surface area contributed by atoms with E-state index >= 15 is 0 Å². The highest BCUT2D eigenvalue weighted by atomic mass is 15.3. The van der Waals surface area contributed by atoms with Crippen LogP contribution in [-0.4, -0.2) is 22.4 Å². The van der Waals surface area contributed by atoms with Crippen molar-refractivity contribution in [3.63, 3.8) is 0 Å². The first-order valence-electron chi connectivity index (χ1n) is 6.41. The molecule has 3 heteroatoms. The normalized spacial score (nSPS) is 13.3. The number of aryl methyl sites for hydroxylation is 1. The maximum Gasteiger partial charge on any atom is 0.0624 e. The van der Waals surface area contributed by atoms with Crippen molar-refractivity contribution in [2.24, 2.45) is 0 Å². The zero-order valence-corrected chi connectivity index (χ0v) is 11.0. The van der Waals surface area contributed by atoms with Crippen molar-refractivity contribution < 1.29 is 0 Å². The van der Waals surface area contributed by atoms with Crippen LogP contribution in [0.25, 0.3) is 0 Å². The smallest absolute Gasteiger partial charge is 0.0624 e. The molecule has 0 saturated heterocycles. The second-order valence-corrected chi connectivity index (χ2v) is 4.73. The molecule has 3 nitrogen and oxygen atoms in total. The van der Waals surface area contributed by atoms with Crippen molar-refractivity contribution in [1.29, 1.82) is 0 Å². The van der Waals surface area contributed by atoms with Crippen molar-refractivity contribution in [1.82, 2.24) is 15.1 Å². The van der Waals surface area contributed by atoms with Gasteiger partial charge in [0.05, 0.1) is 5.69 Å². The summed E-state index contributed by atoms with van der Waals surface area (Å²) in [5, 5.41) is 7.98. The summed E-state index contributed by atoms with van der Waals surface area (Å²) in [6, 6.07) is 3.23. The molecule has 1 atom stereocenters. The van der Waals surface area contributed by atoms with Gasteiger partial charge in [-0.1, -0.05) is 6.92 Å². The van der Waals surface area contributed by atoms with Gasteiger partial charge >= 0.3 is 0 Å². The minimum absolute atomic E-state index is 0.467. The van der Waals surface area contributed by atoms with Gasteiger partial charge in [0.25, 0.3) is 0 Å². The Balaban J connectivity index is 2.26. The van der Waals surface area contributed by atoms with Crippen LogP contribution in [0.1, 0.15) is 52.3 Å². The van der Waals surface area contributed by atoms with Crippen LogP contribution in [0.2, 0.25) is 0 Å². The number of nitrogens with one attached hydrogen (secondary N) is 1. The van der Waals surface area contributed by atoms with Crippen LogP contribution in [0.15, 0.2) is 12.3 Å². The van der Waals surface area contributed by atoms with Crippen molar-refractivity contribution in [2.75, 3.05) is 6.54 Å². The maximum absolute atomic E-state index is 4.55. The zero-order valence-electron chi connectivity index (χ0n) is 11.0. The standard InChI is InChI=1S/C13H25N3/c1-5-14-12(4)7-6-8-13-9-10-16(15-13)11(2)3/h9-12,14H,5-8H2,1-4H3. The second kappa shape index (κ2) is 6.69. The van der Waals surface area contributed by atoms with Crippen LogP contribution in [0, 0.1) is 0 Å². The molecule has 0 aliphatic rings. The molecule has 0 amide bonds. The van der Waals surface area contributed by atoms with E-state index in [1.165, 1.54) is 18.5 Å². The van der Waals surface area contributed by atoms with Gasteiger partial charge in [-0.15, -0.1) is 0 Å².